The van der Waals surface area contributed by atoms with Gasteiger partial charge in [-0.3, -0.25) is 19.8 Å². The third-order valence-electron chi connectivity index (χ3n) is 4.28. The molecule has 0 aromatic carbocycles. The Balaban J connectivity index is 1.64. The second kappa shape index (κ2) is 4.38. The van der Waals surface area contributed by atoms with Gasteiger partial charge in [-0.25, -0.2) is 0 Å². The van der Waals surface area contributed by atoms with Gasteiger partial charge in [-0.15, -0.1) is 0 Å². The molecule has 0 radical (unpaired) electrons. The largest absolute Gasteiger partial charge is 0.300 e. The number of carbonyl (C=O) groups excluding carboxylic acids is 2. The number of hydrogen-bond donors (Lipinski definition) is 1. The lowest BCUT2D eigenvalue weighted by atomic mass is 9.95. The van der Waals surface area contributed by atoms with Gasteiger partial charge in [0.1, 0.15) is 0 Å². The highest BCUT2D eigenvalue weighted by Gasteiger charge is 2.36. The minimum atomic E-state index is -0.143. The molecule has 3 aliphatic heterocycles. The van der Waals surface area contributed by atoms with Crippen LogP contribution in [0, 0.1) is 0 Å². The first kappa shape index (κ1) is 11.2. The molecule has 1 N–H and O–H groups in total. The van der Waals surface area contributed by atoms with E-state index in [4.69, 9.17) is 0 Å². The number of carbonyl (C=O) groups is 2. The van der Waals surface area contributed by atoms with Crippen LogP contribution in [0.1, 0.15) is 25.7 Å². The molecule has 94 valence electrons. The monoisotopic (exact) mass is 237 g/mol. The van der Waals surface area contributed by atoms with E-state index in [9.17, 15) is 9.59 Å². The Morgan fingerprint density at radius 1 is 0.941 bits per heavy atom. The molecule has 2 unspecified atom stereocenters. The summed E-state index contributed by atoms with van der Waals surface area (Å²) in [4.78, 5) is 27.4. The van der Waals surface area contributed by atoms with E-state index in [1.807, 2.05) is 0 Å². The number of hydrogen-bond acceptors (Lipinski definition) is 4. The van der Waals surface area contributed by atoms with Crippen molar-refractivity contribution in [1.29, 1.82) is 0 Å². The van der Waals surface area contributed by atoms with E-state index in [1.54, 1.807) is 0 Å². The smallest absolute Gasteiger partial charge is 0.240 e. The molecule has 0 spiro atoms. The Morgan fingerprint density at radius 2 is 1.65 bits per heavy atom. The number of nitrogens with zero attached hydrogens (tertiary/aromatic N) is 2. The normalized spacial score (nSPS) is 35.8. The molecule has 3 heterocycles. The van der Waals surface area contributed by atoms with Crippen molar-refractivity contribution in [3.8, 4) is 0 Å². The van der Waals surface area contributed by atoms with Crippen molar-refractivity contribution < 1.29 is 9.59 Å². The van der Waals surface area contributed by atoms with Crippen LogP contribution < -0.4 is 5.32 Å². The van der Waals surface area contributed by atoms with Crippen LogP contribution in [0.2, 0.25) is 0 Å². The van der Waals surface area contributed by atoms with Gasteiger partial charge >= 0.3 is 0 Å². The molecule has 2 amide bonds. The van der Waals surface area contributed by atoms with Crippen LogP contribution in [0.25, 0.3) is 0 Å². The molecule has 0 aromatic rings. The number of rotatable bonds is 1. The number of imide groups is 1. The summed E-state index contributed by atoms with van der Waals surface area (Å²) in [5.41, 5.74) is 0. The Bertz CT molecular complexity index is 329. The SMILES string of the molecule is O=C1CN(C2CCN3CCCC3C2)CC(=O)N1. The van der Waals surface area contributed by atoms with Crippen molar-refractivity contribution in [2.24, 2.45) is 0 Å². The molecule has 3 fully saturated rings. The predicted molar refractivity (Wildman–Crippen MR) is 62.3 cm³/mol. The van der Waals surface area contributed by atoms with Crippen molar-refractivity contribution in [2.45, 2.75) is 37.8 Å². The number of fused-ring (bicyclic) bond motifs is 1. The van der Waals surface area contributed by atoms with E-state index in [0.717, 1.165) is 19.4 Å². The second-order valence-corrected chi connectivity index (χ2v) is 5.39. The zero-order valence-corrected chi connectivity index (χ0v) is 10.0. The summed E-state index contributed by atoms with van der Waals surface area (Å²) >= 11 is 0. The van der Waals surface area contributed by atoms with Gasteiger partial charge in [-0.2, -0.15) is 0 Å². The number of nitrogens with one attached hydrogen (secondary N) is 1. The van der Waals surface area contributed by atoms with Gasteiger partial charge in [0.05, 0.1) is 13.1 Å². The number of amides is 2. The maximum atomic E-state index is 11.4. The van der Waals surface area contributed by atoms with Crippen molar-refractivity contribution in [1.82, 2.24) is 15.1 Å². The van der Waals surface area contributed by atoms with Crippen LogP contribution in [0.3, 0.4) is 0 Å². The summed E-state index contributed by atoms with van der Waals surface area (Å²) in [5.74, 6) is -0.287. The fraction of sp³-hybridized carbons (Fsp3) is 0.833. The number of piperazine rings is 1. The molecule has 0 bridgehead atoms. The zero-order valence-electron chi connectivity index (χ0n) is 10.0. The van der Waals surface area contributed by atoms with Crippen LogP contribution in [0.15, 0.2) is 0 Å². The predicted octanol–water partition coefficient (Wildman–Crippen LogP) is -0.428. The zero-order chi connectivity index (χ0) is 11.8. The third-order valence-corrected chi connectivity index (χ3v) is 4.28. The minimum Gasteiger partial charge on any atom is -0.300 e. The molecule has 0 aliphatic carbocycles. The summed E-state index contributed by atoms with van der Waals surface area (Å²) < 4.78 is 0. The Hall–Kier alpha value is -0.940. The highest BCUT2D eigenvalue weighted by atomic mass is 16.2. The van der Waals surface area contributed by atoms with Crippen molar-refractivity contribution in [2.75, 3.05) is 26.2 Å². The highest BCUT2D eigenvalue weighted by Crippen LogP contribution is 2.29. The molecule has 17 heavy (non-hydrogen) atoms. The molecule has 3 rings (SSSR count). The minimum absolute atomic E-state index is 0.143. The molecule has 5 nitrogen and oxygen atoms in total. The maximum absolute atomic E-state index is 11.4. The van der Waals surface area contributed by atoms with Gasteiger partial charge in [-0.05, 0) is 38.8 Å². The lowest BCUT2D eigenvalue weighted by molar-refractivity contribution is -0.137. The van der Waals surface area contributed by atoms with Crippen LogP contribution >= 0.6 is 0 Å². The standard InChI is InChI=1S/C12H19N3O2/c16-11-7-15(8-12(17)13-11)10-3-5-14-4-1-2-9(14)6-10/h9-10H,1-8H2,(H,13,16,17). The molecular weight excluding hydrogens is 218 g/mol. The Labute approximate surface area is 101 Å². The van der Waals surface area contributed by atoms with E-state index in [0.29, 0.717) is 25.2 Å². The average molecular weight is 237 g/mol. The van der Waals surface area contributed by atoms with Crippen molar-refractivity contribution in [3.05, 3.63) is 0 Å². The lowest BCUT2D eigenvalue weighted by Gasteiger charge is -2.41. The fourth-order valence-electron chi connectivity index (χ4n) is 3.45. The number of piperidine rings is 1. The molecule has 5 heteroatoms. The summed E-state index contributed by atoms with van der Waals surface area (Å²) in [6.45, 7) is 3.14. The van der Waals surface area contributed by atoms with E-state index < -0.39 is 0 Å². The second-order valence-electron chi connectivity index (χ2n) is 5.39. The van der Waals surface area contributed by atoms with Gasteiger partial charge in [-0.1, -0.05) is 0 Å². The fourth-order valence-corrected chi connectivity index (χ4v) is 3.45. The lowest BCUT2D eigenvalue weighted by Crippen LogP contribution is -2.57. The summed E-state index contributed by atoms with van der Waals surface area (Å²) in [6.07, 6.45) is 4.80. The summed E-state index contributed by atoms with van der Waals surface area (Å²) in [7, 11) is 0. The molecule has 3 aliphatic rings. The summed E-state index contributed by atoms with van der Waals surface area (Å²) in [6, 6.07) is 1.11. The van der Waals surface area contributed by atoms with Gasteiger partial charge in [0.2, 0.25) is 11.8 Å². The van der Waals surface area contributed by atoms with Gasteiger partial charge in [0.25, 0.3) is 0 Å². The maximum Gasteiger partial charge on any atom is 0.240 e. The topological polar surface area (TPSA) is 52.7 Å². The Kier molecular flexibility index (Phi) is 2.88. The van der Waals surface area contributed by atoms with E-state index in [2.05, 4.69) is 15.1 Å². The van der Waals surface area contributed by atoms with Crippen molar-refractivity contribution in [3.63, 3.8) is 0 Å². The molecule has 0 saturated carbocycles. The van der Waals surface area contributed by atoms with Crippen LogP contribution in [0.5, 0.6) is 0 Å². The van der Waals surface area contributed by atoms with Crippen molar-refractivity contribution >= 4 is 11.8 Å². The third kappa shape index (κ3) is 2.21. The molecular formula is C12H19N3O2. The van der Waals surface area contributed by atoms with E-state index in [1.165, 1.54) is 19.4 Å². The van der Waals surface area contributed by atoms with Gasteiger partial charge in [0.15, 0.2) is 0 Å². The van der Waals surface area contributed by atoms with E-state index in [-0.39, 0.29) is 11.8 Å². The van der Waals surface area contributed by atoms with Crippen LogP contribution in [0.4, 0.5) is 0 Å². The van der Waals surface area contributed by atoms with E-state index >= 15 is 0 Å². The molecule has 2 atom stereocenters. The first-order valence-electron chi connectivity index (χ1n) is 6.53. The van der Waals surface area contributed by atoms with Gasteiger partial charge in [0, 0.05) is 12.1 Å². The highest BCUT2D eigenvalue weighted by molar-refractivity contribution is 5.99. The summed E-state index contributed by atoms with van der Waals surface area (Å²) in [5, 5.41) is 2.36. The quantitative estimate of drug-likeness (QED) is 0.629. The van der Waals surface area contributed by atoms with Crippen LogP contribution in [-0.4, -0.2) is 59.9 Å². The van der Waals surface area contributed by atoms with Gasteiger partial charge < -0.3 is 4.90 Å². The first-order chi connectivity index (χ1) is 8.22. The first-order valence-corrected chi connectivity index (χ1v) is 6.53. The average Bonchev–Trinajstić information content (AvgIpc) is 2.74. The molecule has 3 saturated heterocycles. The Morgan fingerprint density at radius 3 is 2.41 bits per heavy atom. The molecule has 0 aromatic heterocycles. The van der Waals surface area contributed by atoms with Crippen LogP contribution in [-0.2, 0) is 9.59 Å².